The van der Waals surface area contributed by atoms with Crippen LogP contribution in [0.25, 0.3) is 0 Å². The van der Waals surface area contributed by atoms with Crippen molar-refractivity contribution in [2.45, 2.75) is 19.4 Å². The fourth-order valence-electron chi connectivity index (χ4n) is 2.30. The summed E-state index contributed by atoms with van der Waals surface area (Å²) in [6, 6.07) is 11.9. The maximum Gasteiger partial charge on any atom is 0.329 e. The van der Waals surface area contributed by atoms with Crippen LogP contribution in [0.3, 0.4) is 0 Å². The van der Waals surface area contributed by atoms with Crippen LogP contribution in [-0.2, 0) is 16.0 Å². The number of nitrogens with zero attached hydrogens (tertiary/aromatic N) is 2. The quantitative estimate of drug-likeness (QED) is 0.596. The van der Waals surface area contributed by atoms with E-state index in [0.29, 0.717) is 17.1 Å². The van der Waals surface area contributed by atoms with E-state index in [1.807, 2.05) is 30.3 Å². The van der Waals surface area contributed by atoms with Crippen LogP contribution in [-0.4, -0.2) is 41.5 Å². The Morgan fingerprint density at radius 1 is 1.21 bits per heavy atom. The van der Waals surface area contributed by atoms with Crippen molar-refractivity contribution in [1.82, 2.24) is 9.88 Å². The van der Waals surface area contributed by atoms with Crippen LogP contribution in [0.1, 0.15) is 22.8 Å². The summed E-state index contributed by atoms with van der Waals surface area (Å²) in [5.41, 5.74) is 1.31. The highest BCUT2D eigenvalue weighted by atomic mass is 35.5. The fourth-order valence-corrected chi connectivity index (χ4v) is 2.41. The summed E-state index contributed by atoms with van der Waals surface area (Å²) in [7, 11) is 1.58. The van der Waals surface area contributed by atoms with Gasteiger partial charge in [-0.25, -0.2) is 9.78 Å². The lowest BCUT2D eigenvalue weighted by molar-refractivity contribution is -0.148. The molecule has 0 bridgehead atoms. The van der Waals surface area contributed by atoms with Gasteiger partial charge in [0, 0.05) is 19.7 Å². The molecule has 1 atom stereocenters. The summed E-state index contributed by atoms with van der Waals surface area (Å²) in [6.45, 7) is 2.00. The van der Waals surface area contributed by atoms with Crippen molar-refractivity contribution in [1.29, 1.82) is 0 Å². The van der Waals surface area contributed by atoms with Crippen molar-refractivity contribution in [2.75, 3.05) is 13.7 Å². The lowest BCUT2D eigenvalue weighted by Gasteiger charge is -2.26. The van der Waals surface area contributed by atoms with Crippen LogP contribution in [0.2, 0.25) is 5.15 Å². The normalized spacial score (nSPS) is 11.6. The van der Waals surface area contributed by atoms with Gasteiger partial charge >= 0.3 is 5.97 Å². The van der Waals surface area contributed by atoms with Crippen molar-refractivity contribution in [2.24, 2.45) is 0 Å². The van der Waals surface area contributed by atoms with Gasteiger partial charge in [0.05, 0.1) is 12.2 Å². The van der Waals surface area contributed by atoms with Crippen LogP contribution in [0.4, 0.5) is 0 Å². The third-order valence-corrected chi connectivity index (χ3v) is 3.82. The molecule has 126 valence electrons. The van der Waals surface area contributed by atoms with Gasteiger partial charge in [-0.1, -0.05) is 41.9 Å². The van der Waals surface area contributed by atoms with Gasteiger partial charge in [0.15, 0.2) is 0 Å². The molecule has 0 unspecified atom stereocenters. The molecule has 2 rings (SSSR count). The van der Waals surface area contributed by atoms with Crippen LogP contribution >= 0.6 is 11.6 Å². The summed E-state index contributed by atoms with van der Waals surface area (Å²) < 4.78 is 5.13. The molecule has 0 aliphatic carbocycles. The Kier molecular flexibility index (Phi) is 6.32. The van der Waals surface area contributed by atoms with Crippen molar-refractivity contribution >= 4 is 23.5 Å². The molecular weight excluding hydrogens is 328 g/mol. The molecule has 1 aromatic carbocycles. The van der Waals surface area contributed by atoms with Crippen LogP contribution in [0.15, 0.2) is 48.7 Å². The number of benzene rings is 1. The average molecular weight is 347 g/mol. The molecular formula is C18H19ClN2O3. The van der Waals surface area contributed by atoms with Crippen molar-refractivity contribution in [3.05, 3.63) is 64.9 Å². The first-order valence-corrected chi connectivity index (χ1v) is 8.00. The van der Waals surface area contributed by atoms with E-state index in [1.54, 1.807) is 26.1 Å². The van der Waals surface area contributed by atoms with Gasteiger partial charge in [0.25, 0.3) is 5.91 Å². The van der Waals surface area contributed by atoms with Gasteiger partial charge in [-0.2, -0.15) is 0 Å². The number of amides is 1. The van der Waals surface area contributed by atoms with Gasteiger partial charge in [0.2, 0.25) is 0 Å². The number of pyridine rings is 1. The molecule has 0 saturated carbocycles. The summed E-state index contributed by atoms with van der Waals surface area (Å²) in [5.74, 6) is -0.743. The van der Waals surface area contributed by atoms with E-state index in [0.717, 1.165) is 5.56 Å². The van der Waals surface area contributed by atoms with E-state index >= 15 is 0 Å². The van der Waals surface area contributed by atoms with Crippen LogP contribution < -0.4 is 0 Å². The third-order valence-electron chi connectivity index (χ3n) is 3.59. The van der Waals surface area contributed by atoms with E-state index in [4.69, 9.17) is 16.3 Å². The predicted molar refractivity (Wildman–Crippen MR) is 91.9 cm³/mol. The number of esters is 1. The number of ether oxygens (including phenoxy) is 1. The van der Waals surface area contributed by atoms with Gasteiger partial charge in [-0.05, 0) is 24.6 Å². The Labute approximate surface area is 146 Å². The summed E-state index contributed by atoms with van der Waals surface area (Å²) in [5, 5.41) is 0.306. The highest BCUT2D eigenvalue weighted by Gasteiger charge is 2.29. The van der Waals surface area contributed by atoms with E-state index in [2.05, 4.69) is 4.98 Å². The van der Waals surface area contributed by atoms with E-state index in [-0.39, 0.29) is 12.5 Å². The Balaban J connectivity index is 2.22. The molecule has 1 amide bonds. The number of halogens is 1. The van der Waals surface area contributed by atoms with Gasteiger partial charge in [0.1, 0.15) is 11.2 Å². The SMILES string of the molecule is CCOC(=O)[C@@H](Cc1ccccc1)N(C)C(=O)c1ccc(Cl)nc1. The number of aromatic nitrogens is 1. The van der Waals surface area contributed by atoms with Crippen molar-refractivity contribution in [3.63, 3.8) is 0 Å². The molecule has 0 fully saturated rings. The van der Waals surface area contributed by atoms with Crippen LogP contribution in [0.5, 0.6) is 0 Å². The molecule has 0 aliphatic rings. The number of carbonyl (C=O) groups is 2. The molecule has 1 aromatic heterocycles. The zero-order chi connectivity index (χ0) is 17.5. The maximum atomic E-state index is 12.6. The lowest BCUT2D eigenvalue weighted by Crippen LogP contribution is -2.44. The minimum absolute atomic E-state index is 0.259. The van der Waals surface area contributed by atoms with Crippen molar-refractivity contribution in [3.8, 4) is 0 Å². The Bertz CT molecular complexity index is 689. The summed E-state index contributed by atoms with van der Waals surface area (Å²) >= 11 is 5.75. The molecule has 0 aliphatic heterocycles. The lowest BCUT2D eigenvalue weighted by atomic mass is 10.0. The fraction of sp³-hybridized carbons (Fsp3) is 0.278. The molecule has 0 radical (unpaired) electrons. The Morgan fingerprint density at radius 3 is 2.50 bits per heavy atom. The van der Waals surface area contributed by atoms with Gasteiger partial charge in [-0.3, -0.25) is 4.79 Å². The minimum Gasteiger partial charge on any atom is -0.464 e. The molecule has 0 N–H and O–H groups in total. The highest BCUT2D eigenvalue weighted by Crippen LogP contribution is 2.14. The van der Waals surface area contributed by atoms with E-state index in [1.165, 1.54) is 11.1 Å². The topological polar surface area (TPSA) is 59.5 Å². The second-order valence-corrected chi connectivity index (χ2v) is 5.63. The third kappa shape index (κ3) is 4.55. The zero-order valence-corrected chi connectivity index (χ0v) is 14.4. The summed E-state index contributed by atoms with van der Waals surface area (Å²) in [6.07, 6.45) is 1.77. The first kappa shape index (κ1) is 17.9. The summed E-state index contributed by atoms with van der Waals surface area (Å²) in [4.78, 5) is 30.3. The van der Waals surface area contributed by atoms with Crippen LogP contribution in [0, 0.1) is 0 Å². The minimum atomic E-state index is -0.712. The zero-order valence-electron chi connectivity index (χ0n) is 13.6. The van der Waals surface area contributed by atoms with E-state index < -0.39 is 12.0 Å². The Hall–Kier alpha value is -2.40. The second-order valence-electron chi connectivity index (χ2n) is 5.24. The number of carbonyl (C=O) groups excluding carboxylic acids is 2. The average Bonchev–Trinajstić information content (AvgIpc) is 2.60. The highest BCUT2D eigenvalue weighted by molar-refractivity contribution is 6.29. The predicted octanol–water partition coefficient (Wildman–Crippen LogP) is 2.98. The number of rotatable bonds is 6. The van der Waals surface area contributed by atoms with E-state index in [9.17, 15) is 9.59 Å². The number of likely N-dealkylation sites (N-methyl/N-ethyl adjacent to an activating group) is 1. The molecule has 0 spiro atoms. The number of hydrogen-bond acceptors (Lipinski definition) is 4. The first-order valence-electron chi connectivity index (χ1n) is 7.62. The molecule has 0 saturated heterocycles. The molecule has 2 aromatic rings. The standard InChI is InChI=1S/C18H19ClN2O3/c1-3-24-18(23)15(11-13-7-5-4-6-8-13)21(2)17(22)14-9-10-16(19)20-12-14/h4-10,12,15H,3,11H2,1-2H3/t15-/m1/s1. The molecule has 24 heavy (non-hydrogen) atoms. The largest absolute Gasteiger partial charge is 0.464 e. The second kappa shape index (κ2) is 8.45. The number of hydrogen-bond donors (Lipinski definition) is 0. The molecule has 1 heterocycles. The first-order chi connectivity index (χ1) is 11.5. The monoisotopic (exact) mass is 346 g/mol. The Morgan fingerprint density at radius 2 is 1.92 bits per heavy atom. The van der Waals surface area contributed by atoms with Gasteiger partial charge < -0.3 is 9.64 Å². The molecule has 5 nitrogen and oxygen atoms in total. The molecule has 6 heteroatoms. The smallest absolute Gasteiger partial charge is 0.329 e. The van der Waals surface area contributed by atoms with Gasteiger partial charge in [-0.15, -0.1) is 0 Å². The maximum absolute atomic E-state index is 12.6. The van der Waals surface area contributed by atoms with Crippen molar-refractivity contribution < 1.29 is 14.3 Å².